The third-order valence-corrected chi connectivity index (χ3v) is 3.76. The zero-order valence-corrected chi connectivity index (χ0v) is 13.2. The Morgan fingerprint density at radius 3 is 2.95 bits per heavy atom. The number of halogens is 1. The van der Waals surface area contributed by atoms with E-state index in [1.165, 1.54) is 5.57 Å². The van der Waals surface area contributed by atoms with E-state index in [1.54, 1.807) is 0 Å². The van der Waals surface area contributed by atoms with E-state index in [9.17, 15) is 0 Å². The number of rotatable bonds is 5. The lowest BCUT2D eigenvalue weighted by Gasteiger charge is -2.19. The number of nitrogens with one attached hydrogen (secondary N) is 1. The van der Waals surface area contributed by atoms with Crippen molar-refractivity contribution < 1.29 is 9.47 Å². The lowest BCUT2D eigenvalue weighted by molar-refractivity contribution is 0.301. The van der Waals surface area contributed by atoms with Crippen molar-refractivity contribution in [1.82, 2.24) is 5.32 Å². The molecule has 0 amide bonds. The van der Waals surface area contributed by atoms with E-state index in [4.69, 9.17) is 21.1 Å². The summed E-state index contributed by atoms with van der Waals surface area (Å²) >= 11 is 5.98. The van der Waals surface area contributed by atoms with Crippen LogP contribution < -0.4 is 14.8 Å². The van der Waals surface area contributed by atoms with Gasteiger partial charge in [-0.15, -0.1) is 0 Å². The summed E-state index contributed by atoms with van der Waals surface area (Å²) in [5.41, 5.74) is 3.42. The molecule has 0 saturated carbocycles. The molecule has 0 aliphatic carbocycles. The maximum atomic E-state index is 5.98. The molecular formula is C18H18ClNO2. The van der Waals surface area contributed by atoms with Gasteiger partial charge in [0, 0.05) is 23.2 Å². The molecule has 4 heteroatoms. The Morgan fingerprint density at radius 2 is 2.14 bits per heavy atom. The van der Waals surface area contributed by atoms with Crippen LogP contribution in [0.1, 0.15) is 11.1 Å². The second-order valence-corrected chi connectivity index (χ2v) is 5.58. The van der Waals surface area contributed by atoms with Gasteiger partial charge in [-0.3, -0.25) is 0 Å². The van der Waals surface area contributed by atoms with Gasteiger partial charge in [0.1, 0.15) is 24.7 Å². The summed E-state index contributed by atoms with van der Waals surface area (Å²) in [5, 5.41) is 3.90. The van der Waals surface area contributed by atoms with Crippen LogP contribution in [0.15, 0.2) is 48.5 Å². The quantitative estimate of drug-likeness (QED) is 0.907. The first kappa shape index (κ1) is 14.9. The Kier molecular flexibility index (Phi) is 4.66. The summed E-state index contributed by atoms with van der Waals surface area (Å²) in [5.74, 6) is 1.67. The van der Waals surface area contributed by atoms with Crippen LogP contribution in [0.5, 0.6) is 11.5 Å². The molecule has 3 nitrogen and oxygen atoms in total. The van der Waals surface area contributed by atoms with Crippen molar-refractivity contribution in [2.45, 2.75) is 6.61 Å². The van der Waals surface area contributed by atoms with Gasteiger partial charge in [-0.05, 0) is 48.5 Å². The molecule has 0 bridgehead atoms. The lowest BCUT2D eigenvalue weighted by Crippen LogP contribution is -2.14. The third kappa shape index (κ3) is 3.43. The molecule has 1 N–H and O–H groups in total. The summed E-state index contributed by atoms with van der Waals surface area (Å²) in [7, 11) is 1.94. The Hall–Kier alpha value is -1.97. The third-order valence-electron chi connectivity index (χ3n) is 3.53. The van der Waals surface area contributed by atoms with E-state index in [-0.39, 0.29) is 0 Å². The van der Waals surface area contributed by atoms with Crippen molar-refractivity contribution in [3.05, 3.63) is 64.7 Å². The van der Waals surface area contributed by atoms with Crippen LogP contribution in [0.2, 0.25) is 5.02 Å². The van der Waals surface area contributed by atoms with Gasteiger partial charge in [0.15, 0.2) is 0 Å². The minimum absolute atomic E-state index is 0.485. The lowest BCUT2D eigenvalue weighted by atomic mass is 10.0. The van der Waals surface area contributed by atoms with E-state index in [0.717, 1.165) is 34.2 Å². The van der Waals surface area contributed by atoms with E-state index < -0.39 is 0 Å². The molecule has 2 aromatic carbocycles. The van der Waals surface area contributed by atoms with Crippen molar-refractivity contribution in [3.8, 4) is 11.5 Å². The summed E-state index contributed by atoms with van der Waals surface area (Å²) in [6.07, 6.45) is 2.10. The molecule has 0 unspecified atom stereocenters. The molecule has 3 rings (SSSR count). The second kappa shape index (κ2) is 6.86. The van der Waals surface area contributed by atoms with Crippen LogP contribution in [0.3, 0.4) is 0 Å². The van der Waals surface area contributed by atoms with Crippen LogP contribution in [0.4, 0.5) is 0 Å². The first-order valence-electron chi connectivity index (χ1n) is 7.24. The van der Waals surface area contributed by atoms with Crippen molar-refractivity contribution in [1.29, 1.82) is 0 Å². The number of ether oxygens (including phenoxy) is 2. The monoisotopic (exact) mass is 315 g/mol. The molecule has 22 heavy (non-hydrogen) atoms. The average molecular weight is 316 g/mol. The average Bonchev–Trinajstić information content (AvgIpc) is 2.53. The van der Waals surface area contributed by atoms with Gasteiger partial charge in [0.25, 0.3) is 0 Å². The SMILES string of the molecule is CNCC1=CCOc2cc(OCc3cccc(Cl)c3)ccc21. The normalized spacial score (nSPS) is 13.1. The second-order valence-electron chi connectivity index (χ2n) is 5.15. The predicted octanol–water partition coefficient (Wildman–Crippen LogP) is 3.91. The molecule has 0 radical (unpaired) electrons. The molecule has 0 saturated heterocycles. The summed E-state index contributed by atoms with van der Waals surface area (Å²) in [6, 6.07) is 13.6. The van der Waals surface area contributed by atoms with Crippen LogP contribution >= 0.6 is 11.6 Å². The van der Waals surface area contributed by atoms with Crippen molar-refractivity contribution in [2.75, 3.05) is 20.2 Å². The van der Waals surface area contributed by atoms with Gasteiger partial charge >= 0.3 is 0 Å². The molecule has 0 spiro atoms. The van der Waals surface area contributed by atoms with Gasteiger partial charge in [-0.2, -0.15) is 0 Å². The maximum Gasteiger partial charge on any atom is 0.131 e. The fourth-order valence-corrected chi connectivity index (χ4v) is 2.68. The molecule has 0 atom stereocenters. The number of hydrogen-bond acceptors (Lipinski definition) is 3. The van der Waals surface area contributed by atoms with E-state index >= 15 is 0 Å². The maximum absolute atomic E-state index is 5.98. The highest BCUT2D eigenvalue weighted by molar-refractivity contribution is 6.30. The molecular weight excluding hydrogens is 298 g/mol. The fraction of sp³-hybridized carbons (Fsp3) is 0.222. The van der Waals surface area contributed by atoms with Crippen molar-refractivity contribution >= 4 is 17.2 Å². The Morgan fingerprint density at radius 1 is 1.23 bits per heavy atom. The van der Waals surface area contributed by atoms with E-state index in [0.29, 0.717) is 13.2 Å². The van der Waals surface area contributed by atoms with E-state index in [1.807, 2.05) is 49.5 Å². The molecule has 2 aromatic rings. The molecule has 1 aliphatic heterocycles. The highest BCUT2D eigenvalue weighted by atomic mass is 35.5. The fourth-order valence-electron chi connectivity index (χ4n) is 2.47. The number of hydrogen-bond donors (Lipinski definition) is 1. The van der Waals surface area contributed by atoms with Crippen molar-refractivity contribution in [3.63, 3.8) is 0 Å². The van der Waals surface area contributed by atoms with Gasteiger partial charge in [0.2, 0.25) is 0 Å². The van der Waals surface area contributed by atoms with Crippen LogP contribution in [-0.4, -0.2) is 20.2 Å². The summed E-state index contributed by atoms with van der Waals surface area (Å²) in [6.45, 7) is 1.92. The molecule has 1 heterocycles. The smallest absolute Gasteiger partial charge is 0.131 e. The number of fused-ring (bicyclic) bond motifs is 1. The molecule has 0 aromatic heterocycles. The minimum atomic E-state index is 0.485. The zero-order valence-electron chi connectivity index (χ0n) is 12.4. The van der Waals surface area contributed by atoms with Crippen molar-refractivity contribution in [2.24, 2.45) is 0 Å². The largest absolute Gasteiger partial charge is 0.489 e. The first-order valence-corrected chi connectivity index (χ1v) is 7.62. The van der Waals surface area contributed by atoms with E-state index in [2.05, 4.69) is 11.4 Å². The minimum Gasteiger partial charge on any atom is -0.489 e. The molecule has 0 fully saturated rings. The molecule has 1 aliphatic rings. The number of likely N-dealkylation sites (N-methyl/N-ethyl adjacent to an activating group) is 1. The highest BCUT2D eigenvalue weighted by Gasteiger charge is 2.14. The Bertz CT molecular complexity index is 697. The summed E-state index contributed by atoms with van der Waals surface area (Å²) < 4.78 is 11.5. The van der Waals surface area contributed by atoms with Crippen LogP contribution in [0, 0.1) is 0 Å². The molecule has 114 valence electrons. The Balaban J connectivity index is 1.73. The predicted molar refractivity (Wildman–Crippen MR) is 89.6 cm³/mol. The van der Waals surface area contributed by atoms with Crippen LogP contribution in [0.25, 0.3) is 5.57 Å². The van der Waals surface area contributed by atoms with Gasteiger partial charge in [-0.25, -0.2) is 0 Å². The van der Waals surface area contributed by atoms with Crippen LogP contribution in [-0.2, 0) is 6.61 Å². The van der Waals surface area contributed by atoms with Gasteiger partial charge < -0.3 is 14.8 Å². The standard InChI is InChI=1S/C18H18ClNO2/c1-20-11-14-7-8-21-18-10-16(5-6-17(14)18)22-12-13-3-2-4-15(19)9-13/h2-7,9-10,20H,8,11-12H2,1H3. The zero-order chi connectivity index (χ0) is 15.4. The number of benzene rings is 2. The first-order chi connectivity index (χ1) is 10.8. The summed E-state index contributed by atoms with van der Waals surface area (Å²) in [4.78, 5) is 0. The van der Waals surface area contributed by atoms with Gasteiger partial charge in [0.05, 0.1) is 0 Å². The highest BCUT2D eigenvalue weighted by Crippen LogP contribution is 2.33. The van der Waals surface area contributed by atoms with Gasteiger partial charge in [-0.1, -0.05) is 23.7 Å². The Labute approximate surface area is 135 Å². The topological polar surface area (TPSA) is 30.5 Å².